The van der Waals surface area contributed by atoms with E-state index in [1.807, 2.05) is 47.8 Å². The Bertz CT molecular complexity index is 631. The molecule has 1 aromatic carbocycles. The average molecular weight is 332 g/mol. The number of benzene rings is 1. The molecule has 0 radical (unpaired) electrons. The molecule has 6 nitrogen and oxygen atoms in total. The van der Waals surface area contributed by atoms with Gasteiger partial charge in [-0.1, -0.05) is 36.4 Å². The molecule has 0 saturated carbocycles. The van der Waals surface area contributed by atoms with Crippen molar-refractivity contribution in [2.75, 3.05) is 6.54 Å². The van der Waals surface area contributed by atoms with E-state index in [0.717, 1.165) is 10.4 Å². The van der Waals surface area contributed by atoms with Gasteiger partial charge in [-0.05, 0) is 17.0 Å². The van der Waals surface area contributed by atoms with Crippen LogP contribution in [0, 0.1) is 0 Å². The molecule has 0 aliphatic rings. The lowest BCUT2D eigenvalue weighted by Gasteiger charge is -2.17. The molecule has 1 aromatic heterocycles. The SMILES string of the molecule is NC(=O)NC(CC(=O)NCC(N)c1ccccc1)c1cccs1. The largest absolute Gasteiger partial charge is 0.354 e. The van der Waals surface area contributed by atoms with Gasteiger partial charge in [0, 0.05) is 17.5 Å². The Hall–Kier alpha value is -2.38. The highest BCUT2D eigenvalue weighted by Crippen LogP contribution is 2.21. The van der Waals surface area contributed by atoms with Gasteiger partial charge in [-0.15, -0.1) is 11.3 Å². The van der Waals surface area contributed by atoms with Crippen LogP contribution in [0.1, 0.15) is 28.9 Å². The zero-order chi connectivity index (χ0) is 16.7. The van der Waals surface area contributed by atoms with Gasteiger partial charge < -0.3 is 22.1 Å². The van der Waals surface area contributed by atoms with Gasteiger partial charge in [-0.2, -0.15) is 0 Å². The fraction of sp³-hybridized carbons (Fsp3) is 0.250. The van der Waals surface area contributed by atoms with Gasteiger partial charge in [-0.3, -0.25) is 4.79 Å². The van der Waals surface area contributed by atoms with E-state index in [1.165, 1.54) is 11.3 Å². The number of primary amides is 1. The summed E-state index contributed by atoms with van der Waals surface area (Å²) < 4.78 is 0. The van der Waals surface area contributed by atoms with E-state index in [1.54, 1.807) is 0 Å². The highest BCUT2D eigenvalue weighted by atomic mass is 32.1. The molecular weight excluding hydrogens is 312 g/mol. The van der Waals surface area contributed by atoms with Crippen LogP contribution in [0.4, 0.5) is 4.79 Å². The average Bonchev–Trinajstić information content (AvgIpc) is 3.07. The number of thiophene rings is 1. The van der Waals surface area contributed by atoms with Gasteiger partial charge in [-0.25, -0.2) is 4.79 Å². The molecular formula is C16H20N4O2S. The molecule has 7 heteroatoms. The van der Waals surface area contributed by atoms with Gasteiger partial charge >= 0.3 is 6.03 Å². The standard InChI is InChI=1S/C16H20N4O2S/c17-12(11-5-2-1-3-6-11)10-19-15(21)9-13(20-16(18)22)14-7-4-8-23-14/h1-8,12-13H,9-10,17H2,(H,19,21)(H3,18,20,22). The number of amides is 3. The van der Waals surface area contributed by atoms with Crippen LogP contribution in [0.5, 0.6) is 0 Å². The summed E-state index contributed by atoms with van der Waals surface area (Å²) >= 11 is 1.46. The first-order valence-electron chi connectivity index (χ1n) is 7.23. The molecule has 0 bridgehead atoms. The van der Waals surface area contributed by atoms with E-state index >= 15 is 0 Å². The summed E-state index contributed by atoms with van der Waals surface area (Å²) in [5.74, 6) is -0.191. The predicted octanol–water partition coefficient (Wildman–Crippen LogP) is 1.66. The minimum Gasteiger partial charge on any atom is -0.354 e. The van der Waals surface area contributed by atoms with E-state index in [-0.39, 0.29) is 18.4 Å². The summed E-state index contributed by atoms with van der Waals surface area (Å²) in [6.07, 6.45) is 0.116. The summed E-state index contributed by atoms with van der Waals surface area (Å²) in [5.41, 5.74) is 12.2. The summed E-state index contributed by atoms with van der Waals surface area (Å²) in [4.78, 5) is 24.1. The summed E-state index contributed by atoms with van der Waals surface area (Å²) in [5, 5.41) is 7.27. The van der Waals surface area contributed by atoms with E-state index in [0.29, 0.717) is 6.54 Å². The molecule has 0 spiro atoms. The van der Waals surface area contributed by atoms with Crippen molar-refractivity contribution in [3.63, 3.8) is 0 Å². The van der Waals surface area contributed by atoms with Crippen LogP contribution in [0.3, 0.4) is 0 Å². The van der Waals surface area contributed by atoms with Crippen molar-refractivity contribution in [3.05, 3.63) is 58.3 Å². The number of hydrogen-bond donors (Lipinski definition) is 4. The van der Waals surface area contributed by atoms with Crippen molar-refractivity contribution in [1.29, 1.82) is 0 Å². The third-order valence-electron chi connectivity index (χ3n) is 3.34. The quantitative estimate of drug-likeness (QED) is 0.619. The number of rotatable bonds is 7. The minimum atomic E-state index is -0.655. The summed E-state index contributed by atoms with van der Waals surface area (Å²) in [7, 11) is 0. The van der Waals surface area contributed by atoms with Gasteiger partial charge in [0.25, 0.3) is 0 Å². The Kier molecular flexibility index (Phi) is 6.13. The van der Waals surface area contributed by atoms with Crippen molar-refractivity contribution in [2.45, 2.75) is 18.5 Å². The van der Waals surface area contributed by atoms with Gasteiger partial charge in [0.1, 0.15) is 0 Å². The van der Waals surface area contributed by atoms with Crippen molar-refractivity contribution in [1.82, 2.24) is 10.6 Å². The van der Waals surface area contributed by atoms with Crippen molar-refractivity contribution in [3.8, 4) is 0 Å². The highest BCUT2D eigenvalue weighted by molar-refractivity contribution is 7.10. The zero-order valence-corrected chi connectivity index (χ0v) is 13.4. The lowest BCUT2D eigenvalue weighted by Crippen LogP contribution is -2.38. The van der Waals surface area contributed by atoms with Crippen LogP contribution in [-0.2, 0) is 4.79 Å². The van der Waals surface area contributed by atoms with E-state index in [4.69, 9.17) is 11.5 Å². The van der Waals surface area contributed by atoms with Gasteiger partial charge in [0.05, 0.1) is 12.5 Å². The lowest BCUT2D eigenvalue weighted by molar-refractivity contribution is -0.121. The molecule has 2 atom stereocenters. The fourth-order valence-electron chi connectivity index (χ4n) is 2.18. The number of urea groups is 1. The van der Waals surface area contributed by atoms with Gasteiger partial charge in [0.2, 0.25) is 5.91 Å². The van der Waals surface area contributed by atoms with Crippen molar-refractivity contribution < 1.29 is 9.59 Å². The third kappa shape index (κ3) is 5.39. The highest BCUT2D eigenvalue weighted by Gasteiger charge is 2.18. The second-order valence-electron chi connectivity index (χ2n) is 5.10. The molecule has 6 N–H and O–H groups in total. The number of nitrogens with one attached hydrogen (secondary N) is 2. The van der Waals surface area contributed by atoms with E-state index < -0.39 is 12.1 Å². The third-order valence-corrected chi connectivity index (χ3v) is 4.33. The monoisotopic (exact) mass is 332 g/mol. The van der Waals surface area contributed by atoms with E-state index in [2.05, 4.69) is 10.6 Å². The first-order chi connectivity index (χ1) is 11.1. The van der Waals surface area contributed by atoms with E-state index in [9.17, 15) is 9.59 Å². The molecule has 23 heavy (non-hydrogen) atoms. The smallest absolute Gasteiger partial charge is 0.312 e. The first-order valence-corrected chi connectivity index (χ1v) is 8.11. The van der Waals surface area contributed by atoms with Crippen LogP contribution < -0.4 is 22.1 Å². The lowest BCUT2D eigenvalue weighted by atomic mass is 10.1. The maximum atomic E-state index is 12.1. The fourth-order valence-corrected chi connectivity index (χ4v) is 2.96. The Morgan fingerprint density at radius 2 is 1.87 bits per heavy atom. The summed E-state index contributed by atoms with van der Waals surface area (Å²) in [6, 6.07) is 11.9. The van der Waals surface area contributed by atoms with Crippen LogP contribution in [-0.4, -0.2) is 18.5 Å². The maximum absolute atomic E-state index is 12.1. The molecule has 0 saturated heterocycles. The second kappa shape index (κ2) is 8.30. The molecule has 0 aliphatic heterocycles. The normalized spacial score (nSPS) is 13.1. The van der Waals surface area contributed by atoms with Gasteiger partial charge in [0.15, 0.2) is 0 Å². The Morgan fingerprint density at radius 3 is 2.48 bits per heavy atom. The summed E-state index contributed by atoms with van der Waals surface area (Å²) in [6.45, 7) is 0.330. The van der Waals surface area contributed by atoms with Crippen LogP contribution >= 0.6 is 11.3 Å². The van der Waals surface area contributed by atoms with Crippen LogP contribution in [0.25, 0.3) is 0 Å². The molecule has 2 rings (SSSR count). The van der Waals surface area contributed by atoms with Crippen LogP contribution in [0.2, 0.25) is 0 Å². The second-order valence-corrected chi connectivity index (χ2v) is 6.08. The topological polar surface area (TPSA) is 110 Å². The Balaban J connectivity index is 1.88. The molecule has 2 unspecified atom stereocenters. The molecule has 3 amide bonds. The maximum Gasteiger partial charge on any atom is 0.312 e. The van der Waals surface area contributed by atoms with Crippen molar-refractivity contribution in [2.24, 2.45) is 11.5 Å². The number of hydrogen-bond acceptors (Lipinski definition) is 4. The number of carbonyl (C=O) groups is 2. The number of nitrogens with two attached hydrogens (primary N) is 2. The zero-order valence-electron chi connectivity index (χ0n) is 12.6. The first kappa shape index (κ1) is 17.0. The Labute approximate surface area is 138 Å². The molecule has 1 heterocycles. The molecule has 122 valence electrons. The van der Waals surface area contributed by atoms with Crippen molar-refractivity contribution >= 4 is 23.3 Å². The molecule has 2 aromatic rings. The predicted molar refractivity (Wildman–Crippen MR) is 90.8 cm³/mol. The molecule has 0 aliphatic carbocycles. The number of carbonyl (C=O) groups excluding carboxylic acids is 2. The Morgan fingerprint density at radius 1 is 1.13 bits per heavy atom. The molecule has 0 fully saturated rings. The minimum absolute atomic E-state index is 0.116. The van der Waals surface area contributed by atoms with Crippen LogP contribution in [0.15, 0.2) is 47.8 Å².